The van der Waals surface area contributed by atoms with Crippen LogP contribution >= 0.6 is 11.6 Å². The third-order valence-electron chi connectivity index (χ3n) is 20.3. The molecule has 14 heteroatoms. The maximum Gasteiger partial charge on any atom is 0.494 e. The monoisotopic (exact) mass is 1130 g/mol. The molecule has 2 aromatic heterocycles. The van der Waals surface area contributed by atoms with Gasteiger partial charge in [-0.2, -0.15) is 0 Å². The van der Waals surface area contributed by atoms with E-state index >= 15 is 0 Å². The highest BCUT2D eigenvalue weighted by Gasteiger charge is 2.64. The zero-order valence-electron chi connectivity index (χ0n) is 49.7. The zero-order chi connectivity index (χ0) is 58.3. The van der Waals surface area contributed by atoms with Gasteiger partial charge in [0, 0.05) is 5.02 Å². The smallest absolute Gasteiger partial charge is 0.405 e. The van der Waals surface area contributed by atoms with Crippen LogP contribution < -0.4 is 5.46 Å². The van der Waals surface area contributed by atoms with Crippen LogP contribution in [0.4, 0.5) is 0 Å². The first kappa shape index (κ1) is 53.7. The first-order valence-electron chi connectivity index (χ1n) is 29.4. The summed E-state index contributed by atoms with van der Waals surface area (Å²) in [5.74, 6) is 2.10. The van der Waals surface area contributed by atoms with E-state index in [9.17, 15) is 0 Å². The van der Waals surface area contributed by atoms with Crippen LogP contribution in [-0.4, -0.2) is 73.8 Å². The molecule has 5 aliphatic heterocycles. The Morgan fingerprint density at radius 3 is 1.14 bits per heavy atom. The van der Waals surface area contributed by atoms with Crippen molar-refractivity contribution >= 4 is 60.3 Å². The summed E-state index contributed by atoms with van der Waals surface area (Å²) in [5.41, 5.74) is 17.1. The molecule has 7 aliphatic rings. The SMILES string of the molecule is CC1(C)OB(B2OC(C)(C)C(C)(C)O2)OC1(C)C.CC1(C)OB(c2ccc3c(c2)C2(c4ccccc4-3)c3ccccc3-n3c2nc2ccccc23)OC1(C)C.Clc1ccc2c(c1)C1(c3ccccc3-2)c2ccccc2-n2c1nc1ccccc12. The molecule has 2 atom stereocenters. The van der Waals surface area contributed by atoms with Gasteiger partial charge in [-0.25, -0.2) is 9.97 Å². The van der Waals surface area contributed by atoms with Crippen molar-refractivity contribution in [3.8, 4) is 33.6 Å². The Morgan fingerprint density at radius 2 is 0.690 bits per heavy atom. The summed E-state index contributed by atoms with van der Waals surface area (Å²) >= 11 is 6.53. The highest BCUT2D eigenvalue weighted by molar-refractivity contribution is 7.11. The second-order valence-electron chi connectivity index (χ2n) is 26.5. The first-order chi connectivity index (χ1) is 40.0. The lowest BCUT2D eigenvalue weighted by Gasteiger charge is -2.32. The summed E-state index contributed by atoms with van der Waals surface area (Å²) < 4.78 is 41.5. The topological polar surface area (TPSA) is 91.0 Å². The van der Waals surface area contributed by atoms with Gasteiger partial charge in [-0.05, 0) is 193 Å². The van der Waals surface area contributed by atoms with Gasteiger partial charge in [0.1, 0.15) is 22.5 Å². The predicted octanol–water partition coefficient (Wildman–Crippen LogP) is 14.6. The van der Waals surface area contributed by atoms with E-state index in [0.717, 1.165) is 44.2 Å². The van der Waals surface area contributed by atoms with E-state index in [1.165, 1.54) is 67.0 Å². The Hall–Kier alpha value is -7.06. The molecule has 84 heavy (non-hydrogen) atoms. The molecule has 0 saturated carbocycles. The van der Waals surface area contributed by atoms with Gasteiger partial charge in [0.05, 0.1) is 67.0 Å². The minimum absolute atomic E-state index is 0.360. The van der Waals surface area contributed by atoms with Crippen molar-refractivity contribution in [1.82, 2.24) is 19.1 Å². The molecule has 8 aromatic carbocycles. The van der Waals surface area contributed by atoms with Crippen molar-refractivity contribution < 1.29 is 27.9 Å². The van der Waals surface area contributed by atoms with Crippen LogP contribution in [0.5, 0.6) is 0 Å². The molecule has 2 spiro atoms. The number of imidazole rings is 2. The van der Waals surface area contributed by atoms with E-state index in [1.54, 1.807) is 0 Å². The van der Waals surface area contributed by atoms with E-state index < -0.39 is 43.2 Å². The Kier molecular flexibility index (Phi) is 11.5. The van der Waals surface area contributed by atoms with Crippen molar-refractivity contribution in [2.75, 3.05) is 0 Å². The molecule has 10 aromatic rings. The van der Waals surface area contributed by atoms with Gasteiger partial charge in [0.25, 0.3) is 0 Å². The number of para-hydroxylation sites is 6. The molecule has 0 bridgehead atoms. The third kappa shape index (κ3) is 7.24. The minimum Gasteiger partial charge on any atom is -0.405 e. The number of fused-ring (bicyclic) bond motifs is 24. The maximum atomic E-state index is 6.53. The normalized spacial score (nSPS) is 22.7. The van der Waals surface area contributed by atoms with Crippen LogP contribution in [0.2, 0.25) is 5.02 Å². The summed E-state index contributed by atoms with van der Waals surface area (Å²) in [6.45, 7) is 24.6. The molecular weight excluding hydrogens is 1060 g/mol. The van der Waals surface area contributed by atoms with Gasteiger partial charge >= 0.3 is 21.1 Å². The van der Waals surface area contributed by atoms with Crippen molar-refractivity contribution in [1.29, 1.82) is 0 Å². The van der Waals surface area contributed by atoms with Gasteiger partial charge in [-0.3, -0.25) is 9.13 Å². The number of rotatable bonds is 2. The molecule has 2 unspecified atom stereocenters. The van der Waals surface area contributed by atoms with Crippen LogP contribution in [-0.2, 0) is 38.8 Å². The second kappa shape index (κ2) is 18.0. The molecule has 17 rings (SSSR count). The van der Waals surface area contributed by atoms with Crippen molar-refractivity contribution in [3.63, 3.8) is 0 Å². The molecule has 0 radical (unpaired) electrons. The van der Waals surface area contributed by atoms with Gasteiger partial charge in [0.2, 0.25) is 0 Å². The van der Waals surface area contributed by atoms with E-state index in [4.69, 9.17) is 49.5 Å². The highest BCUT2D eigenvalue weighted by Crippen LogP contribution is 2.62. The Bertz CT molecular complexity index is 4310. The van der Waals surface area contributed by atoms with E-state index in [-0.39, 0.29) is 22.4 Å². The molecule has 3 fully saturated rings. The lowest BCUT2D eigenvalue weighted by atomic mass is 9.49. The molecule has 2 aliphatic carbocycles. The molecule has 0 N–H and O–H groups in total. The zero-order valence-corrected chi connectivity index (χ0v) is 50.4. The Labute approximate surface area is 497 Å². The van der Waals surface area contributed by atoms with Crippen molar-refractivity contribution in [2.24, 2.45) is 0 Å². The lowest BCUT2D eigenvalue weighted by Crippen LogP contribution is -2.41. The summed E-state index contributed by atoms with van der Waals surface area (Å²) in [5, 5.41) is 0.753. The maximum absolute atomic E-state index is 6.53. The largest absolute Gasteiger partial charge is 0.494 e. The second-order valence-corrected chi connectivity index (χ2v) is 26.9. The number of halogens is 1. The molecule has 10 nitrogen and oxygen atoms in total. The van der Waals surface area contributed by atoms with Gasteiger partial charge in [0.15, 0.2) is 0 Å². The number of hydrogen-bond acceptors (Lipinski definition) is 8. The number of nitrogens with zero attached hydrogens (tertiary/aromatic N) is 4. The van der Waals surface area contributed by atoms with E-state index in [2.05, 4.69) is 213 Å². The Balaban J connectivity index is 0.000000114. The van der Waals surface area contributed by atoms with Crippen LogP contribution in [0, 0.1) is 0 Å². The summed E-state index contributed by atoms with van der Waals surface area (Å²) in [7, 11) is -1.38. The average molecular weight is 1130 g/mol. The van der Waals surface area contributed by atoms with Crippen LogP contribution in [0.1, 0.15) is 128 Å². The first-order valence-corrected chi connectivity index (χ1v) is 29.8. The Morgan fingerprint density at radius 1 is 0.345 bits per heavy atom. The van der Waals surface area contributed by atoms with Gasteiger partial charge in [-0.15, -0.1) is 0 Å². The van der Waals surface area contributed by atoms with Crippen LogP contribution in [0.3, 0.4) is 0 Å². The van der Waals surface area contributed by atoms with Crippen LogP contribution in [0.15, 0.2) is 182 Å². The lowest BCUT2D eigenvalue weighted by molar-refractivity contribution is 0.00578. The average Bonchev–Trinajstić information content (AvgIpc) is 1.52. The molecule has 418 valence electrons. The summed E-state index contributed by atoms with van der Waals surface area (Å²) in [6.07, 6.45) is 0. The molecule has 0 amide bonds. The van der Waals surface area contributed by atoms with E-state index in [0.29, 0.717) is 0 Å². The van der Waals surface area contributed by atoms with E-state index in [1.807, 2.05) is 61.5 Å². The van der Waals surface area contributed by atoms with Gasteiger partial charge in [-0.1, -0.05) is 145 Å². The number of hydrogen-bond donors (Lipinski definition) is 0. The van der Waals surface area contributed by atoms with Crippen LogP contribution in [0.25, 0.3) is 55.7 Å². The molecule has 7 heterocycles. The fraction of sp³-hybridized carbons (Fsp3) is 0.286. The third-order valence-corrected chi connectivity index (χ3v) is 20.5. The van der Waals surface area contributed by atoms with Gasteiger partial charge < -0.3 is 27.9 Å². The summed E-state index contributed by atoms with van der Waals surface area (Å²) in [4.78, 5) is 10.5. The highest BCUT2D eigenvalue weighted by atomic mass is 35.5. The fourth-order valence-corrected chi connectivity index (χ4v) is 14.2. The van der Waals surface area contributed by atoms with Crippen molar-refractivity contribution in [3.05, 3.63) is 232 Å². The minimum atomic E-state index is -0.513. The van der Waals surface area contributed by atoms with Crippen molar-refractivity contribution in [2.45, 2.75) is 128 Å². The predicted molar refractivity (Wildman–Crippen MR) is 337 cm³/mol. The quantitative estimate of drug-likeness (QED) is 0.158. The number of benzene rings is 8. The molecule has 3 saturated heterocycles. The number of aromatic nitrogens is 4. The molecular formula is C70H66B3ClN4O6. The fourth-order valence-electron chi connectivity index (χ4n) is 14.0. The summed E-state index contributed by atoms with van der Waals surface area (Å²) in [6, 6.07) is 64.7. The standard InChI is InChI=1S/C32H27BN2O2.C26H15ClN2.C12H24B2O4/c1-30(2)31(3,4)37-33(36-30)20-17-18-22-21-11-5-6-12-23(21)32(25(22)19-20)24-13-7-9-15-27(24)35-28-16-10-8-14-26(28)34-29(32)35;27-16-13-14-18-17-7-1-2-8-19(17)26(21(18)15-16)20-9-3-5-11-23(20)29-24-12-6-4-10-22(24)28-25(26)29;1-9(2)10(3,4)16-13(15-9)14-17-11(5,6)12(7,8)18-14/h5-19H,1-4H3;1-15H;1-8H3.